The number of anilines is 1. The number of aromatic nitrogens is 4. The number of benzene rings is 2. The number of halogens is 2. The van der Waals surface area contributed by atoms with Crippen molar-refractivity contribution in [3.63, 3.8) is 0 Å². The maximum Gasteiger partial charge on any atom is 0.303 e. The lowest BCUT2D eigenvalue weighted by atomic mass is 10.1. The van der Waals surface area contributed by atoms with E-state index in [4.69, 9.17) is 28.9 Å². The molecule has 10 nitrogen and oxygen atoms in total. The molecule has 0 unspecified atom stereocenters. The summed E-state index contributed by atoms with van der Waals surface area (Å²) >= 11 is 12.7. The maximum atomic E-state index is 13.2. The van der Waals surface area contributed by atoms with Crippen molar-refractivity contribution in [3.05, 3.63) is 58.1 Å². The first-order chi connectivity index (χ1) is 17.8. The van der Waals surface area contributed by atoms with Gasteiger partial charge in [0.05, 0.1) is 33.2 Å². The molecule has 1 saturated heterocycles. The molecule has 1 aliphatic heterocycles. The van der Waals surface area contributed by atoms with E-state index in [1.54, 1.807) is 29.2 Å². The van der Waals surface area contributed by atoms with Crippen LogP contribution < -0.4 is 11.1 Å². The van der Waals surface area contributed by atoms with Gasteiger partial charge in [-0.15, -0.1) is 0 Å². The predicted molar refractivity (Wildman–Crippen MR) is 142 cm³/mol. The first kappa shape index (κ1) is 25.2. The van der Waals surface area contributed by atoms with E-state index < -0.39 is 12.0 Å². The van der Waals surface area contributed by atoms with Crippen molar-refractivity contribution in [2.45, 2.75) is 37.8 Å². The molecule has 4 aromatic rings. The lowest BCUT2D eigenvalue weighted by Crippen LogP contribution is -2.40. The van der Waals surface area contributed by atoms with Gasteiger partial charge in [0.2, 0.25) is 0 Å². The number of nitrogens with one attached hydrogen (secondary N) is 2. The molecule has 5 N–H and O–H groups in total. The number of nitrogens with two attached hydrogens (primary N) is 1. The largest absolute Gasteiger partial charge is 0.481 e. The summed E-state index contributed by atoms with van der Waals surface area (Å²) in [5, 5.41) is 14.0. The van der Waals surface area contributed by atoms with Crippen LogP contribution in [0.5, 0.6) is 0 Å². The number of H-pyrrole nitrogens is 1. The average Bonchev–Trinajstić information content (AvgIpc) is 3.52. The number of aromatic amines is 1. The number of rotatable bonds is 8. The topological polar surface area (TPSA) is 150 Å². The van der Waals surface area contributed by atoms with Crippen LogP contribution in [0, 0.1) is 0 Å². The molecular weight excluding hydrogens is 517 g/mol. The van der Waals surface area contributed by atoms with Crippen molar-refractivity contribution in [1.82, 2.24) is 24.8 Å². The third-order valence-corrected chi connectivity index (χ3v) is 7.16. The van der Waals surface area contributed by atoms with Crippen LogP contribution in [-0.4, -0.2) is 61.0 Å². The van der Waals surface area contributed by atoms with Crippen LogP contribution in [0.15, 0.2) is 36.7 Å². The van der Waals surface area contributed by atoms with Crippen LogP contribution in [0.25, 0.3) is 21.9 Å². The van der Waals surface area contributed by atoms with Crippen LogP contribution in [0.1, 0.15) is 47.9 Å². The Kier molecular flexibility index (Phi) is 7.14. The molecule has 0 radical (unpaired) electrons. The number of amides is 1. The van der Waals surface area contributed by atoms with E-state index in [0.717, 1.165) is 18.4 Å². The molecule has 3 heterocycles. The number of hydrogen-bond acceptors (Lipinski definition) is 7. The molecule has 0 aliphatic carbocycles. The molecule has 1 aliphatic rings. The monoisotopic (exact) mass is 541 g/mol. The summed E-state index contributed by atoms with van der Waals surface area (Å²) in [6.45, 7) is 1.04. The minimum atomic E-state index is -0.928. The van der Waals surface area contributed by atoms with Crippen molar-refractivity contribution in [2.24, 2.45) is 5.73 Å². The van der Waals surface area contributed by atoms with E-state index in [1.807, 2.05) is 6.07 Å². The van der Waals surface area contributed by atoms with Gasteiger partial charge >= 0.3 is 5.97 Å². The van der Waals surface area contributed by atoms with E-state index in [-0.39, 0.29) is 29.8 Å². The summed E-state index contributed by atoms with van der Waals surface area (Å²) in [5.41, 5.74) is 8.18. The number of likely N-dealkylation sites (tertiary alicyclic amines) is 1. The number of nitrogens with zero attached hydrogens (tertiary/aromatic N) is 4. The third-order valence-electron chi connectivity index (χ3n) is 6.62. The van der Waals surface area contributed by atoms with E-state index in [2.05, 4.69) is 25.3 Å². The molecule has 5 rings (SSSR count). The molecule has 0 spiro atoms. The molecule has 2 aromatic carbocycles. The first-order valence-corrected chi connectivity index (χ1v) is 12.7. The normalized spacial score (nSPS) is 16.4. The van der Waals surface area contributed by atoms with Crippen molar-refractivity contribution >= 4 is 62.8 Å². The summed E-state index contributed by atoms with van der Waals surface area (Å²) in [5.74, 6) is -0.110. The fourth-order valence-electron chi connectivity index (χ4n) is 4.73. The van der Waals surface area contributed by atoms with Crippen LogP contribution in [0.2, 0.25) is 10.0 Å². The van der Waals surface area contributed by atoms with E-state index in [9.17, 15) is 14.7 Å². The van der Waals surface area contributed by atoms with Gasteiger partial charge in [-0.05, 0) is 49.6 Å². The Morgan fingerprint density at radius 2 is 2.05 bits per heavy atom. The van der Waals surface area contributed by atoms with Crippen LogP contribution in [-0.2, 0) is 4.79 Å². The van der Waals surface area contributed by atoms with Gasteiger partial charge in [-0.25, -0.2) is 15.0 Å². The Balaban J connectivity index is 1.49. The zero-order chi connectivity index (χ0) is 26.1. The Morgan fingerprint density at radius 1 is 1.22 bits per heavy atom. The number of carboxylic acids is 1. The molecule has 0 saturated carbocycles. The number of aliphatic carboxylic acids is 1. The van der Waals surface area contributed by atoms with Gasteiger partial charge in [0.1, 0.15) is 18.0 Å². The molecule has 37 heavy (non-hydrogen) atoms. The molecule has 1 fully saturated rings. The Bertz CT molecular complexity index is 1490. The average molecular weight is 542 g/mol. The minimum absolute atomic E-state index is 0.00410. The van der Waals surface area contributed by atoms with Gasteiger partial charge < -0.3 is 26.0 Å². The second-order valence-electron chi connectivity index (χ2n) is 9.01. The summed E-state index contributed by atoms with van der Waals surface area (Å²) < 4.78 is 0. The van der Waals surface area contributed by atoms with Gasteiger partial charge in [-0.3, -0.25) is 9.59 Å². The summed E-state index contributed by atoms with van der Waals surface area (Å²) in [7, 11) is 0. The summed E-state index contributed by atoms with van der Waals surface area (Å²) in [4.78, 5) is 42.9. The Hall–Kier alpha value is -3.47. The molecule has 2 aromatic heterocycles. The van der Waals surface area contributed by atoms with Crippen molar-refractivity contribution < 1.29 is 14.7 Å². The molecular formula is C25H25Cl2N7O3. The highest BCUT2D eigenvalue weighted by Crippen LogP contribution is 2.32. The quantitative estimate of drug-likeness (QED) is 0.256. The highest BCUT2D eigenvalue weighted by molar-refractivity contribution is 6.35. The fourth-order valence-corrected chi connectivity index (χ4v) is 5.14. The van der Waals surface area contributed by atoms with Crippen LogP contribution in [0.3, 0.4) is 0 Å². The zero-order valence-electron chi connectivity index (χ0n) is 19.7. The lowest BCUT2D eigenvalue weighted by molar-refractivity contribution is -0.137. The highest BCUT2D eigenvalue weighted by Gasteiger charge is 2.30. The highest BCUT2D eigenvalue weighted by atomic mass is 35.5. The summed E-state index contributed by atoms with van der Waals surface area (Å²) in [6, 6.07) is 8.12. The second kappa shape index (κ2) is 10.5. The van der Waals surface area contributed by atoms with Crippen molar-refractivity contribution in [3.8, 4) is 0 Å². The fraction of sp³-hybridized carbons (Fsp3) is 0.320. The van der Waals surface area contributed by atoms with Gasteiger partial charge in [0.25, 0.3) is 5.91 Å². The Labute approximate surface area is 222 Å². The standard InChI is InChI=1S/C25H25Cl2N7O3/c26-13-3-4-18-21(8-13)33-24(31-18)19(5-6-22(35)36)32-23-16-9-17(27)15(10-20(16)29-12-30-23)25(37)34-7-1-2-14(34)11-28/h3-4,8-10,12,14,19H,1-2,5-7,11,28H2,(H,31,33)(H,35,36)(H,29,30,32)/t14-,19-/m0/s1. The maximum absolute atomic E-state index is 13.2. The third kappa shape index (κ3) is 5.18. The number of carboxylic acid groups (broad SMARTS) is 1. The molecule has 2 atom stereocenters. The van der Waals surface area contributed by atoms with E-state index in [0.29, 0.717) is 51.7 Å². The minimum Gasteiger partial charge on any atom is -0.481 e. The number of imidazole rings is 1. The van der Waals surface area contributed by atoms with Gasteiger partial charge in [0, 0.05) is 36.0 Å². The predicted octanol–water partition coefficient (Wildman–Crippen LogP) is 4.39. The van der Waals surface area contributed by atoms with Crippen LogP contribution >= 0.6 is 23.2 Å². The van der Waals surface area contributed by atoms with E-state index >= 15 is 0 Å². The van der Waals surface area contributed by atoms with Crippen molar-refractivity contribution in [1.29, 1.82) is 0 Å². The molecule has 0 bridgehead atoms. The zero-order valence-corrected chi connectivity index (χ0v) is 21.3. The van der Waals surface area contributed by atoms with Gasteiger partial charge in [0.15, 0.2) is 0 Å². The number of fused-ring (bicyclic) bond motifs is 2. The van der Waals surface area contributed by atoms with E-state index in [1.165, 1.54) is 6.33 Å². The number of carbonyl (C=O) groups excluding carboxylic acids is 1. The lowest BCUT2D eigenvalue weighted by Gasteiger charge is -2.24. The SMILES string of the molecule is NC[C@@H]1CCCN1C(=O)c1cc2ncnc(N[C@@H](CCC(=O)O)c3nc4cc(Cl)ccc4[nH]3)c2cc1Cl. The van der Waals surface area contributed by atoms with Crippen molar-refractivity contribution in [2.75, 3.05) is 18.4 Å². The smallest absolute Gasteiger partial charge is 0.303 e. The second-order valence-corrected chi connectivity index (χ2v) is 9.86. The van der Waals surface area contributed by atoms with Gasteiger partial charge in [-0.1, -0.05) is 23.2 Å². The first-order valence-electron chi connectivity index (χ1n) is 11.9. The van der Waals surface area contributed by atoms with Gasteiger partial charge in [-0.2, -0.15) is 0 Å². The molecule has 192 valence electrons. The number of carbonyl (C=O) groups is 2. The van der Waals surface area contributed by atoms with Crippen LogP contribution in [0.4, 0.5) is 5.82 Å². The summed E-state index contributed by atoms with van der Waals surface area (Å²) in [6.07, 6.45) is 3.32. The molecule has 12 heteroatoms. The Morgan fingerprint density at radius 3 is 2.84 bits per heavy atom. The number of hydrogen-bond donors (Lipinski definition) is 4. The molecule has 1 amide bonds.